The third-order valence-corrected chi connectivity index (χ3v) is 4.36. The number of H-pyrrole nitrogens is 1. The molecular formula is C19H14N8. The van der Waals surface area contributed by atoms with E-state index in [4.69, 9.17) is 10.7 Å². The number of pyridine rings is 2. The van der Waals surface area contributed by atoms with E-state index in [2.05, 4.69) is 30.9 Å². The van der Waals surface area contributed by atoms with E-state index in [1.54, 1.807) is 6.20 Å². The van der Waals surface area contributed by atoms with Crippen molar-refractivity contribution in [3.8, 4) is 11.4 Å². The van der Waals surface area contributed by atoms with Crippen LogP contribution in [0.4, 0.5) is 17.2 Å². The molecule has 0 aliphatic heterocycles. The molecule has 0 atom stereocenters. The van der Waals surface area contributed by atoms with Gasteiger partial charge in [0.25, 0.3) is 0 Å². The van der Waals surface area contributed by atoms with E-state index in [1.807, 2.05) is 54.7 Å². The Balaban J connectivity index is 1.72. The number of aromatic amines is 1. The predicted molar refractivity (Wildman–Crippen MR) is 104 cm³/mol. The predicted octanol–water partition coefficient (Wildman–Crippen LogP) is 3.29. The van der Waals surface area contributed by atoms with Gasteiger partial charge in [0.2, 0.25) is 0 Å². The molecule has 0 aliphatic carbocycles. The highest BCUT2D eigenvalue weighted by molar-refractivity contribution is 6.10. The summed E-state index contributed by atoms with van der Waals surface area (Å²) in [6, 6.07) is 15.4. The van der Waals surface area contributed by atoms with E-state index >= 15 is 0 Å². The maximum Gasteiger partial charge on any atom is 0.179 e. The Bertz CT molecular complexity index is 1260. The maximum absolute atomic E-state index is 5.90. The Kier molecular flexibility index (Phi) is 3.39. The van der Waals surface area contributed by atoms with Gasteiger partial charge in [-0.05, 0) is 40.8 Å². The monoisotopic (exact) mass is 354 g/mol. The quantitative estimate of drug-likeness (QED) is 0.336. The number of hydrogen-bond acceptors (Lipinski definition) is 7. The summed E-state index contributed by atoms with van der Waals surface area (Å²) < 4.78 is 0. The molecule has 0 aliphatic rings. The lowest BCUT2D eigenvalue weighted by Crippen LogP contribution is -1.97. The number of nitrogen functional groups attached to an aromatic ring is 1. The van der Waals surface area contributed by atoms with E-state index in [0.29, 0.717) is 11.5 Å². The van der Waals surface area contributed by atoms with Crippen LogP contribution in [0.25, 0.3) is 33.1 Å². The second-order valence-electron chi connectivity index (χ2n) is 6.11. The summed E-state index contributed by atoms with van der Waals surface area (Å²) in [5, 5.41) is 20.4. The highest BCUT2D eigenvalue weighted by Gasteiger charge is 2.11. The normalized spacial score (nSPS) is 11.1. The van der Waals surface area contributed by atoms with Crippen LogP contribution in [0.2, 0.25) is 0 Å². The van der Waals surface area contributed by atoms with Crippen LogP contribution in [0.3, 0.4) is 0 Å². The molecule has 3 heterocycles. The molecule has 0 bridgehead atoms. The van der Waals surface area contributed by atoms with Crippen LogP contribution >= 0.6 is 0 Å². The zero-order chi connectivity index (χ0) is 18.2. The molecule has 4 N–H and O–H groups in total. The molecule has 5 rings (SSSR count). The molecule has 0 radical (unpaired) electrons. The smallest absolute Gasteiger partial charge is 0.179 e. The average molecular weight is 354 g/mol. The standard InChI is InChI=1S/C19H14N8/c20-12-2-1-3-13(9-12)22-19-15-6-7-21-10-16(15)14-5-4-11(8-17(14)23-19)18-24-26-27-25-18/h1-10H,20H2,(H,22,23)(H,24,25,26,27). The van der Waals surface area contributed by atoms with Crippen LogP contribution in [-0.2, 0) is 0 Å². The Hall–Kier alpha value is -4.07. The average Bonchev–Trinajstić information content (AvgIpc) is 3.23. The van der Waals surface area contributed by atoms with Crippen molar-refractivity contribution in [2.45, 2.75) is 0 Å². The fraction of sp³-hybridized carbons (Fsp3) is 0. The summed E-state index contributed by atoms with van der Waals surface area (Å²) in [7, 11) is 0. The van der Waals surface area contributed by atoms with Gasteiger partial charge in [0.15, 0.2) is 5.82 Å². The van der Waals surface area contributed by atoms with Crippen molar-refractivity contribution in [1.29, 1.82) is 0 Å². The van der Waals surface area contributed by atoms with Gasteiger partial charge in [0.1, 0.15) is 5.82 Å². The van der Waals surface area contributed by atoms with Crippen LogP contribution < -0.4 is 11.1 Å². The Labute approximate surface area is 153 Å². The minimum Gasteiger partial charge on any atom is -0.399 e. The van der Waals surface area contributed by atoms with E-state index in [9.17, 15) is 0 Å². The number of tetrazole rings is 1. The molecule has 2 aromatic carbocycles. The first-order valence-electron chi connectivity index (χ1n) is 8.32. The molecular weight excluding hydrogens is 340 g/mol. The number of anilines is 3. The van der Waals surface area contributed by atoms with Crippen molar-refractivity contribution < 1.29 is 0 Å². The first kappa shape index (κ1) is 15.2. The molecule has 0 saturated carbocycles. The summed E-state index contributed by atoms with van der Waals surface area (Å²) in [5.74, 6) is 1.33. The molecule has 130 valence electrons. The summed E-state index contributed by atoms with van der Waals surface area (Å²) in [6.07, 6.45) is 3.61. The number of rotatable bonds is 3. The number of benzene rings is 2. The number of nitrogens with two attached hydrogens (primary N) is 1. The van der Waals surface area contributed by atoms with Crippen molar-refractivity contribution in [2.24, 2.45) is 0 Å². The Morgan fingerprint density at radius 2 is 1.93 bits per heavy atom. The Morgan fingerprint density at radius 3 is 2.78 bits per heavy atom. The van der Waals surface area contributed by atoms with Crippen LogP contribution in [-0.4, -0.2) is 30.6 Å². The van der Waals surface area contributed by atoms with Gasteiger partial charge in [0.05, 0.1) is 5.52 Å². The number of fused-ring (bicyclic) bond motifs is 3. The minimum absolute atomic E-state index is 0.593. The molecule has 0 fully saturated rings. The molecule has 5 aromatic rings. The van der Waals surface area contributed by atoms with Crippen LogP contribution in [0.5, 0.6) is 0 Å². The van der Waals surface area contributed by atoms with Gasteiger partial charge in [-0.2, -0.15) is 0 Å². The SMILES string of the molecule is Nc1cccc(Nc2nc3cc(-c4nnn[nH]4)ccc3c3cnccc23)c1. The van der Waals surface area contributed by atoms with Crippen LogP contribution in [0.15, 0.2) is 60.9 Å². The zero-order valence-electron chi connectivity index (χ0n) is 14.1. The third-order valence-electron chi connectivity index (χ3n) is 4.36. The number of nitrogens with zero attached hydrogens (tertiary/aromatic N) is 5. The number of hydrogen-bond donors (Lipinski definition) is 3. The molecule has 0 unspecified atom stereocenters. The fourth-order valence-electron chi connectivity index (χ4n) is 3.13. The highest BCUT2D eigenvalue weighted by Crippen LogP contribution is 2.32. The molecule has 0 saturated heterocycles. The van der Waals surface area contributed by atoms with Gasteiger partial charge in [0, 0.05) is 45.5 Å². The zero-order valence-corrected chi connectivity index (χ0v) is 14.1. The van der Waals surface area contributed by atoms with E-state index in [1.165, 1.54) is 0 Å². The molecule has 8 nitrogen and oxygen atoms in total. The first-order valence-corrected chi connectivity index (χ1v) is 8.32. The van der Waals surface area contributed by atoms with Crippen molar-refractivity contribution in [3.63, 3.8) is 0 Å². The van der Waals surface area contributed by atoms with E-state index < -0.39 is 0 Å². The van der Waals surface area contributed by atoms with E-state index in [0.717, 1.165) is 38.7 Å². The molecule has 0 amide bonds. The lowest BCUT2D eigenvalue weighted by atomic mass is 10.1. The van der Waals surface area contributed by atoms with Crippen LogP contribution in [0, 0.1) is 0 Å². The topological polar surface area (TPSA) is 118 Å². The van der Waals surface area contributed by atoms with E-state index in [-0.39, 0.29) is 0 Å². The summed E-state index contributed by atoms with van der Waals surface area (Å²) >= 11 is 0. The third kappa shape index (κ3) is 2.69. The fourth-order valence-corrected chi connectivity index (χ4v) is 3.13. The van der Waals surface area contributed by atoms with Crippen molar-refractivity contribution in [1.82, 2.24) is 30.6 Å². The second kappa shape index (κ2) is 6.03. The van der Waals surface area contributed by atoms with Gasteiger partial charge >= 0.3 is 0 Å². The summed E-state index contributed by atoms with van der Waals surface area (Å²) in [5.41, 5.74) is 9.13. The molecule has 27 heavy (non-hydrogen) atoms. The van der Waals surface area contributed by atoms with Crippen molar-refractivity contribution in [2.75, 3.05) is 11.1 Å². The second-order valence-corrected chi connectivity index (χ2v) is 6.11. The van der Waals surface area contributed by atoms with Gasteiger partial charge in [-0.1, -0.05) is 18.2 Å². The maximum atomic E-state index is 5.90. The molecule has 0 spiro atoms. The van der Waals surface area contributed by atoms with Gasteiger partial charge in [-0.25, -0.2) is 10.1 Å². The van der Waals surface area contributed by atoms with Gasteiger partial charge in [-0.15, -0.1) is 5.10 Å². The largest absolute Gasteiger partial charge is 0.399 e. The first-order chi connectivity index (χ1) is 13.3. The summed E-state index contributed by atoms with van der Waals surface area (Å²) in [6.45, 7) is 0. The lowest BCUT2D eigenvalue weighted by Gasteiger charge is -2.12. The number of aromatic nitrogens is 6. The van der Waals surface area contributed by atoms with Gasteiger partial charge in [-0.3, -0.25) is 4.98 Å². The molecule has 8 heteroatoms. The minimum atomic E-state index is 0.593. The molecule has 3 aromatic heterocycles. The summed E-state index contributed by atoms with van der Waals surface area (Å²) in [4.78, 5) is 9.12. The number of nitrogens with one attached hydrogen (secondary N) is 2. The van der Waals surface area contributed by atoms with Crippen molar-refractivity contribution in [3.05, 3.63) is 60.9 Å². The lowest BCUT2D eigenvalue weighted by molar-refractivity contribution is 0.881. The van der Waals surface area contributed by atoms with Crippen LogP contribution in [0.1, 0.15) is 0 Å². The highest BCUT2D eigenvalue weighted by atomic mass is 15.5. The Morgan fingerprint density at radius 1 is 0.963 bits per heavy atom. The van der Waals surface area contributed by atoms with Crippen molar-refractivity contribution >= 4 is 38.9 Å². The van der Waals surface area contributed by atoms with Gasteiger partial charge < -0.3 is 11.1 Å².